The summed E-state index contributed by atoms with van der Waals surface area (Å²) >= 11 is 5.26. The minimum Gasteiger partial charge on any atom is -0.493 e. The molecule has 0 aliphatic rings. The van der Waals surface area contributed by atoms with Crippen LogP contribution in [0.15, 0.2) is 78.9 Å². The molecule has 1 amide bonds. The number of anilines is 1. The van der Waals surface area contributed by atoms with Gasteiger partial charge >= 0.3 is 0 Å². The quantitative estimate of drug-likeness (QED) is 0.532. The predicted octanol–water partition coefficient (Wildman–Crippen LogP) is 5.52. The third-order valence-corrected chi connectivity index (χ3v) is 4.38. The van der Waals surface area contributed by atoms with Crippen LogP contribution in [0.3, 0.4) is 0 Å². The second-order valence-electron chi connectivity index (χ2n) is 7.08. The topological polar surface area (TPSA) is 50.4 Å². The molecule has 0 heterocycles. The summed E-state index contributed by atoms with van der Waals surface area (Å²) in [4.78, 5) is 12.4. The summed E-state index contributed by atoms with van der Waals surface area (Å²) in [5.74, 6) is 1.02. The first-order valence-electron chi connectivity index (χ1n) is 9.52. The van der Waals surface area contributed by atoms with Gasteiger partial charge in [0.15, 0.2) is 5.11 Å². The van der Waals surface area contributed by atoms with E-state index < -0.39 is 0 Å². The van der Waals surface area contributed by atoms with Gasteiger partial charge in [0, 0.05) is 11.3 Å². The minimum atomic E-state index is -0.251. The number of nitrogens with one attached hydrogen (secondary N) is 2. The number of amides is 1. The lowest BCUT2D eigenvalue weighted by Crippen LogP contribution is -2.34. The van der Waals surface area contributed by atoms with E-state index in [-0.39, 0.29) is 11.0 Å². The molecule has 0 fully saturated rings. The molecule has 0 aromatic heterocycles. The Bertz CT molecular complexity index is 952. The first kappa shape index (κ1) is 20.6. The van der Waals surface area contributed by atoms with Crippen LogP contribution < -0.4 is 15.4 Å². The van der Waals surface area contributed by atoms with Gasteiger partial charge in [-0.1, -0.05) is 56.3 Å². The van der Waals surface area contributed by atoms with Crippen molar-refractivity contribution in [2.75, 3.05) is 11.9 Å². The van der Waals surface area contributed by atoms with E-state index in [0.717, 1.165) is 22.6 Å². The Labute approximate surface area is 176 Å². The van der Waals surface area contributed by atoms with Crippen molar-refractivity contribution in [3.05, 3.63) is 84.4 Å². The van der Waals surface area contributed by atoms with Crippen molar-refractivity contribution in [3.8, 4) is 16.9 Å². The van der Waals surface area contributed by atoms with Gasteiger partial charge in [-0.3, -0.25) is 10.1 Å². The van der Waals surface area contributed by atoms with Crippen LogP contribution in [0.2, 0.25) is 0 Å². The molecule has 3 aromatic rings. The van der Waals surface area contributed by atoms with Crippen LogP contribution in [0.25, 0.3) is 11.1 Å². The van der Waals surface area contributed by atoms with Crippen molar-refractivity contribution < 1.29 is 9.53 Å². The lowest BCUT2D eigenvalue weighted by atomic mass is 10.0. The number of hydrogen-bond acceptors (Lipinski definition) is 3. The molecule has 2 N–H and O–H groups in total. The normalized spacial score (nSPS) is 10.4. The first-order chi connectivity index (χ1) is 14.0. The average molecular weight is 405 g/mol. The summed E-state index contributed by atoms with van der Waals surface area (Å²) < 4.78 is 5.66. The summed E-state index contributed by atoms with van der Waals surface area (Å²) in [6.07, 6.45) is 0. The molecule has 4 nitrogen and oxygen atoms in total. The summed E-state index contributed by atoms with van der Waals surface area (Å²) in [7, 11) is 0. The van der Waals surface area contributed by atoms with Gasteiger partial charge in [-0.25, -0.2) is 0 Å². The van der Waals surface area contributed by atoms with Crippen LogP contribution in [-0.2, 0) is 0 Å². The maximum absolute atomic E-state index is 12.4. The fourth-order valence-electron chi connectivity index (χ4n) is 2.68. The van der Waals surface area contributed by atoms with Crippen molar-refractivity contribution in [3.63, 3.8) is 0 Å². The molecule has 0 saturated carbocycles. The number of benzene rings is 3. The summed E-state index contributed by atoms with van der Waals surface area (Å²) in [5, 5.41) is 5.97. The molecular formula is C24H24N2O2S. The Kier molecular flexibility index (Phi) is 6.98. The van der Waals surface area contributed by atoms with E-state index in [4.69, 9.17) is 17.0 Å². The third-order valence-electron chi connectivity index (χ3n) is 4.18. The van der Waals surface area contributed by atoms with Crippen LogP contribution in [-0.4, -0.2) is 17.6 Å². The lowest BCUT2D eigenvalue weighted by Gasteiger charge is -2.12. The van der Waals surface area contributed by atoms with E-state index in [9.17, 15) is 4.79 Å². The highest BCUT2D eigenvalue weighted by atomic mass is 32.1. The maximum Gasteiger partial charge on any atom is 0.257 e. The molecule has 0 radical (unpaired) electrons. The molecule has 0 bridgehead atoms. The number of hydrogen-bond donors (Lipinski definition) is 2. The highest BCUT2D eigenvalue weighted by molar-refractivity contribution is 7.80. The van der Waals surface area contributed by atoms with Crippen molar-refractivity contribution >= 4 is 28.9 Å². The van der Waals surface area contributed by atoms with E-state index in [1.54, 1.807) is 12.1 Å². The van der Waals surface area contributed by atoms with Crippen molar-refractivity contribution in [1.29, 1.82) is 0 Å². The van der Waals surface area contributed by atoms with Crippen LogP contribution >= 0.6 is 12.2 Å². The van der Waals surface area contributed by atoms with Gasteiger partial charge in [-0.15, -0.1) is 0 Å². The average Bonchev–Trinajstić information content (AvgIpc) is 2.74. The summed E-state index contributed by atoms with van der Waals surface area (Å²) in [5.41, 5.74) is 3.50. The Morgan fingerprint density at radius 1 is 0.897 bits per heavy atom. The SMILES string of the molecule is CC(C)COc1ccc(NC(=S)NC(=O)c2ccc(-c3ccccc3)cc2)cc1. The summed E-state index contributed by atoms with van der Waals surface area (Å²) in [6, 6.07) is 24.9. The maximum atomic E-state index is 12.4. The molecule has 148 valence electrons. The van der Waals surface area contributed by atoms with Gasteiger partial charge in [0.1, 0.15) is 5.75 Å². The van der Waals surface area contributed by atoms with E-state index >= 15 is 0 Å². The fraction of sp³-hybridized carbons (Fsp3) is 0.167. The van der Waals surface area contributed by atoms with E-state index in [2.05, 4.69) is 24.5 Å². The third kappa shape index (κ3) is 6.16. The number of carbonyl (C=O) groups is 1. The molecule has 3 rings (SSSR count). The van der Waals surface area contributed by atoms with Crippen molar-refractivity contribution in [2.24, 2.45) is 5.92 Å². The highest BCUT2D eigenvalue weighted by Gasteiger charge is 2.09. The van der Waals surface area contributed by atoms with Gasteiger partial charge < -0.3 is 10.1 Å². The molecule has 0 aliphatic heterocycles. The number of ether oxygens (including phenoxy) is 1. The zero-order chi connectivity index (χ0) is 20.6. The smallest absolute Gasteiger partial charge is 0.257 e. The Hall–Kier alpha value is -3.18. The zero-order valence-electron chi connectivity index (χ0n) is 16.5. The minimum absolute atomic E-state index is 0.248. The molecular weight excluding hydrogens is 380 g/mol. The van der Waals surface area contributed by atoms with Crippen LogP contribution in [0, 0.1) is 5.92 Å². The molecule has 5 heteroatoms. The van der Waals surface area contributed by atoms with Gasteiger partial charge in [-0.05, 0) is 65.7 Å². The Morgan fingerprint density at radius 2 is 1.52 bits per heavy atom. The predicted molar refractivity (Wildman–Crippen MR) is 122 cm³/mol. The second kappa shape index (κ2) is 9.85. The largest absolute Gasteiger partial charge is 0.493 e. The monoisotopic (exact) mass is 404 g/mol. The fourth-order valence-corrected chi connectivity index (χ4v) is 2.89. The van der Waals surface area contributed by atoms with Gasteiger partial charge in [0.25, 0.3) is 5.91 Å². The molecule has 3 aromatic carbocycles. The molecule has 0 atom stereocenters. The number of carbonyl (C=O) groups excluding carboxylic acids is 1. The van der Waals surface area contributed by atoms with E-state index in [1.807, 2.05) is 66.7 Å². The van der Waals surface area contributed by atoms with Crippen molar-refractivity contribution in [1.82, 2.24) is 5.32 Å². The van der Waals surface area contributed by atoms with Crippen molar-refractivity contribution in [2.45, 2.75) is 13.8 Å². The highest BCUT2D eigenvalue weighted by Crippen LogP contribution is 2.19. The number of rotatable bonds is 6. The van der Waals surface area contributed by atoms with Crippen LogP contribution in [0.1, 0.15) is 24.2 Å². The molecule has 0 unspecified atom stereocenters. The molecule has 0 saturated heterocycles. The number of thiocarbonyl (C=S) groups is 1. The Balaban J connectivity index is 1.54. The summed E-state index contributed by atoms with van der Waals surface area (Å²) in [6.45, 7) is 4.88. The Morgan fingerprint density at radius 3 is 2.14 bits per heavy atom. The zero-order valence-corrected chi connectivity index (χ0v) is 17.3. The van der Waals surface area contributed by atoms with E-state index in [0.29, 0.717) is 18.1 Å². The van der Waals surface area contributed by atoms with Crippen LogP contribution in [0.4, 0.5) is 5.69 Å². The van der Waals surface area contributed by atoms with Crippen LogP contribution in [0.5, 0.6) is 5.75 Å². The van der Waals surface area contributed by atoms with Gasteiger partial charge in [0.2, 0.25) is 0 Å². The molecule has 0 spiro atoms. The molecule has 0 aliphatic carbocycles. The van der Waals surface area contributed by atoms with Gasteiger partial charge in [0.05, 0.1) is 6.61 Å². The van der Waals surface area contributed by atoms with Gasteiger partial charge in [-0.2, -0.15) is 0 Å². The second-order valence-corrected chi connectivity index (χ2v) is 7.49. The standard InChI is InChI=1S/C24H24N2O2S/c1-17(2)16-28-22-14-12-21(13-15-22)25-24(29)26-23(27)20-10-8-19(9-11-20)18-6-4-3-5-7-18/h3-15,17H,16H2,1-2H3,(H2,25,26,27,29). The first-order valence-corrected chi connectivity index (χ1v) is 9.93. The molecule has 29 heavy (non-hydrogen) atoms. The van der Waals surface area contributed by atoms with E-state index in [1.165, 1.54) is 0 Å². The lowest BCUT2D eigenvalue weighted by molar-refractivity contribution is 0.0978.